The van der Waals surface area contributed by atoms with Gasteiger partial charge in [0.1, 0.15) is 12.4 Å². The van der Waals surface area contributed by atoms with Gasteiger partial charge in [-0.05, 0) is 17.7 Å². The summed E-state index contributed by atoms with van der Waals surface area (Å²) in [4.78, 5) is 14.9. The third-order valence-corrected chi connectivity index (χ3v) is 3.34. The van der Waals surface area contributed by atoms with Gasteiger partial charge in [0.25, 0.3) is 5.56 Å². The molecule has 0 aliphatic heterocycles. The maximum Gasteiger partial charge on any atom is 0.294 e. The van der Waals surface area contributed by atoms with Crippen molar-refractivity contribution in [3.63, 3.8) is 0 Å². The van der Waals surface area contributed by atoms with Crippen LogP contribution in [0.2, 0.25) is 0 Å². The second-order valence-electron chi connectivity index (χ2n) is 4.82. The summed E-state index contributed by atoms with van der Waals surface area (Å²) in [6.07, 6.45) is 0. The molecule has 5 nitrogen and oxygen atoms in total. The van der Waals surface area contributed by atoms with E-state index in [0.29, 0.717) is 16.7 Å². The number of aromatic hydroxyl groups is 1. The molecular weight excluding hydrogens is 282 g/mol. The molecule has 1 heterocycles. The van der Waals surface area contributed by atoms with Crippen molar-refractivity contribution < 1.29 is 14.6 Å². The lowest BCUT2D eigenvalue weighted by Crippen LogP contribution is -2.13. The smallest absolute Gasteiger partial charge is 0.294 e. The minimum Gasteiger partial charge on any atom is -0.508 e. The fraction of sp³-hybridized carbons (Fsp3) is 0.118. The topological polar surface area (TPSA) is 71.5 Å². The van der Waals surface area contributed by atoms with Crippen molar-refractivity contribution in [2.45, 2.75) is 6.61 Å². The number of aromatic amines is 1. The maximum atomic E-state index is 12.2. The van der Waals surface area contributed by atoms with Crippen LogP contribution in [0.3, 0.4) is 0 Å². The minimum atomic E-state index is -0.397. The third kappa shape index (κ3) is 2.61. The first kappa shape index (κ1) is 14.0. The van der Waals surface area contributed by atoms with Crippen LogP contribution in [0, 0.1) is 0 Å². The van der Waals surface area contributed by atoms with Crippen LogP contribution < -0.4 is 15.0 Å². The average Bonchev–Trinajstić information content (AvgIpc) is 2.53. The number of rotatable bonds is 4. The average molecular weight is 297 g/mol. The Bertz CT molecular complexity index is 856. The van der Waals surface area contributed by atoms with Gasteiger partial charge in [-0.15, -0.1) is 0 Å². The van der Waals surface area contributed by atoms with E-state index in [0.717, 1.165) is 5.56 Å². The summed E-state index contributed by atoms with van der Waals surface area (Å²) >= 11 is 0. The number of hydrogen-bond donors (Lipinski definition) is 2. The molecule has 0 spiro atoms. The highest BCUT2D eigenvalue weighted by molar-refractivity contribution is 5.88. The van der Waals surface area contributed by atoms with Crippen molar-refractivity contribution in [1.29, 1.82) is 0 Å². The molecule has 5 heteroatoms. The quantitative estimate of drug-likeness (QED) is 0.776. The first-order chi connectivity index (χ1) is 10.7. The Morgan fingerprint density at radius 2 is 1.86 bits per heavy atom. The number of hydrogen-bond acceptors (Lipinski definition) is 4. The van der Waals surface area contributed by atoms with Gasteiger partial charge in [-0.25, -0.2) is 0 Å². The van der Waals surface area contributed by atoms with Crippen LogP contribution in [-0.4, -0.2) is 17.2 Å². The monoisotopic (exact) mass is 297 g/mol. The van der Waals surface area contributed by atoms with Gasteiger partial charge >= 0.3 is 0 Å². The van der Waals surface area contributed by atoms with E-state index in [2.05, 4.69) is 4.98 Å². The van der Waals surface area contributed by atoms with Crippen molar-refractivity contribution in [2.75, 3.05) is 7.11 Å². The van der Waals surface area contributed by atoms with E-state index in [1.807, 2.05) is 30.3 Å². The normalized spacial score (nSPS) is 10.6. The lowest BCUT2D eigenvalue weighted by molar-refractivity contribution is 0.282. The van der Waals surface area contributed by atoms with Gasteiger partial charge in [0.2, 0.25) is 5.75 Å². The number of aromatic nitrogens is 1. The predicted octanol–water partition coefficient (Wildman–Crippen LogP) is 2.82. The molecule has 112 valence electrons. The molecule has 0 saturated heterocycles. The zero-order valence-electron chi connectivity index (χ0n) is 12.0. The van der Waals surface area contributed by atoms with Crippen molar-refractivity contribution in [3.8, 4) is 17.2 Å². The second kappa shape index (κ2) is 5.81. The predicted molar refractivity (Wildman–Crippen MR) is 83.6 cm³/mol. The fourth-order valence-electron chi connectivity index (χ4n) is 2.30. The Kier molecular flexibility index (Phi) is 3.70. The summed E-state index contributed by atoms with van der Waals surface area (Å²) < 4.78 is 11.0. The molecule has 0 amide bonds. The Morgan fingerprint density at radius 3 is 2.59 bits per heavy atom. The van der Waals surface area contributed by atoms with E-state index in [4.69, 9.17) is 9.47 Å². The number of pyridine rings is 1. The Morgan fingerprint density at radius 1 is 1.09 bits per heavy atom. The molecule has 0 unspecified atom stereocenters. The van der Waals surface area contributed by atoms with Crippen molar-refractivity contribution in [2.24, 2.45) is 0 Å². The summed E-state index contributed by atoms with van der Waals surface area (Å²) in [5.41, 5.74) is 1.05. The fourth-order valence-corrected chi connectivity index (χ4v) is 2.30. The molecule has 3 rings (SSSR count). The highest BCUT2D eigenvalue weighted by Crippen LogP contribution is 2.33. The van der Waals surface area contributed by atoms with Crippen LogP contribution in [0.1, 0.15) is 5.56 Å². The molecule has 0 atom stereocenters. The van der Waals surface area contributed by atoms with Gasteiger partial charge in [0.05, 0.1) is 12.6 Å². The number of nitrogens with one attached hydrogen (secondary N) is 1. The minimum absolute atomic E-state index is 0.0724. The standard InChI is InChI=1S/C17H15NO4/c1-21-15-13-8-7-12(19)9-14(13)18-17(20)16(15)22-10-11-5-3-2-4-6-11/h2-9,19H,10H2,1H3,(H,18,20). The summed E-state index contributed by atoms with van der Waals surface area (Å²) in [5, 5.41) is 10.2. The van der Waals surface area contributed by atoms with E-state index in [1.165, 1.54) is 19.2 Å². The van der Waals surface area contributed by atoms with Crippen molar-refractivity contribution in [3.05, 3.63) is 64.4 Å². The van der Waals surface area contributed by atoms with E-state index in [-0.39, 0.29) is 18.1 Å². The van der Waals surface area contributed by atoms with Gasteiger partial charge in [0, 0.05) is 11.5 Å². The molecule has 2 aromatic carbocycles. The van der Waals surface area contributed by atoms with Gasteiger partial charge in [0.15, 0.2) is 5.75 Å². The summed E-state index contributed by atoms with van der Waals surface area (Å²) in [5.74, 6) is 0.558. The highest BCUT2D eigenvalue weighted by atomic mass is 16.5. The van der Waals surface area contributed by atoms with Crippen molar-refractivity contribution >= 4 is 10.9 Å². The Balaban J connectivity index is 2.03. The number of phenols is 1. The third-order valence-electron chi connectivity index (χ3n) is 3.34. The lowest BCUT2D eigenvalue weighted by Gasteiger charge is -2.12. The number of benzene rings is 2. The summed E-state index contributed by atoms with van der Waals surface area (Å²) in [7, 11) is 1.48. The number of ether oxygens (including phenoxy) is 2. The molecule has 22 heavy (non-hydrogen) atoms. The summed E-state index contributed by atoms with van der Waals surface area (Å²) in [6, 6.07) is 14.2. The Hall–Kier alpha value is -2.95. The van der Waals surface area contributed by atoms with E-state index in [1.54, 1.807) is 6.07 Å². The Labute approximate surface area is 126 Å². The first-order valence-corrected chi connectivity index (χ1v) is 6.79. The molecular formula is C17H15NO4. The molecule has 0 radical (unpaired) electrons. The molecule has 0 fully saturated rings. The molecule has 1 aromatic heterocycles. The largest absolute Gasteiger partial charge is 0.508 e. The van der Waals surface area contributed by atoms with Crippen LogP contribution in [0.4, 0.5) is 0 Å². The van der Waals surface area contributed by atoms with Gasteiger partial charge in [-0.2, -0.15) is 0 Å². The van der Waals surface area contributed by atoms with Gasteiger partial charge in [-0.3, -0.25) is 4.79 Å². The molecule has 0 saturated carbocycles. The zero-order chi connectivity index (χ0) is 15.5. The summed E-state index contributed by atoms with van der Waals surface area (Å²) in [6.45, 7) is 0.268. The SMILES string of the molecule is COc1c(OCc2ccccc2)c(=O)[nH]c2cc(O)ccc12. The van der Waals surface area contributed by atoms with Crippen LogP contribution >= 0.6 is 0 Å². The molecule has 0 aliphatic rings. The van der Waals surface area contributed by atoms with Crippen LogP contribution in [0.15, 0.2) is 53.3 Å². The van der Waals surface area contributed by atoms with Gasteiger partial charge < -0.3 is 19.6 Å². The van der Waals surface area contributed by atoms with E-state index in [9.17, 15) is 9.90 Å². The van der Waals surface area contributed by atoms with E-state index >= 15 is 0 Å². The molecule has 3 aromatic rings. The van der Waals surface area contributed by atoms with Crippen LogP contribution in [0.5, 0.6) is 17.2 Å². The second-order valence-corrected chi connectivity index (χ2v) is 4.82. The number of phenolic OH excluding ortho intramolecular Hbond substituents is 1. The molecule has 0 bridgehead atoms. The highest BCUT2D eigenvalue weighted by Gasteiger charge is 2.15. The number of methoxy groups -OCH3 is 1. The zero-order valence-corrected chi connectivity index (χ0v) is 12.0. The lowest BCUT2D eigenvalue weighted by atomic mass is 10.2. The van der Waals surface area contributed by atoms with Crippen LogP contribution in [0.25, 0.3) is 10.9 Å². The van der Waals surface area contributed by atoms with Gasteiger partial charge in [-0.1, -0.05) is 30.3 Å². The first-order valence-electron chi connectivity index (χ1n) is 6.79. The van der Waals surface area contributed by atoms with Crippen LogP contribution in [-0.2, 0) is 6.61 Å². The molecule has 0 aliphatic carbocycles. The number of fused-ring (bicyclic) bond motifs is 1. The van der Waals surface area contributed by atoms with E-state index < -0.39 is 5.56 Å². The van der Waals surface area contributed by atoms with Crippen molar-refractivity contribution in [1.82, 2.24) is 4.98 Å². The molecule has 2 N–H and O–H groups in total. The number of H-pyrrole nitrogens is 1. The maximum absolute atomic E-state index is 12.2.